The van der Waals surface area contributed by atoms with E-state index in [4.69, 9.17) is 0 Å². The summed E-state index contributed by atoms with van der Waals surface area (Å²) in [6.45, 7) is 2.26. The fourth-order valence-electron chi connectivity index (χ4n) is 3.31. The molecule has 0 aliphatic heterocycles. The number of hydrogen-bond acceptors (Lipinski definition) is 5. The van der Waals surface area contributed by atoms with Gasteiger partial charge in [-0.3, -0.25) is 19.4 Å². The van der Waals surface area contributed by atoms with Gasteiger partial charge in [0.15, 0.2) is 5.12 Å². The molecule has 0 saturated heterocycles. The van der Waals surface area contributed by atoms with Crippen molar-refractivity contribution in [2.24, 2.45) is 7.05 Å². The van der Waals surface area contributed by atoms with Crippen molar-refractivity contribution >= 4 is 22.8 Å². The number of unbranched alkanes of at least 4 members (excludes halogenated alkanes) is 3. The monoisotopic (exact) mass is 375 g/mol. The molecule has 2 N–H and O–H groups in total. The van der Waals surface area contributed by atoms with Crippen LogP contribution < -0.4 is 5.32 Å². The average Bonchev–Trinajstić information content (AvgIpc) is 3.20. The van der Waals surface area contributed by atoms with E-state index < -0.39 is 0 Å². The van der Waals surface area contributed by atoms with E-state index in [1.54, 1.807) is 6.92 Å². The highest BCUT2D eigenvalue weighted by Gasteiger charge is 2.27. The molecule has 0 saturated carbocycles. The van der Waals surface area contributed by atoms with Crippen LogP contribution in [0.25, 0.3) is 11.3 Å². The Morgan fingerprint density at radius 2 is 2.08 bits per heavy atom. The number of fused-ring (bicyclic) bond motifs is 3. The summed E-state index contributed by atoms with van der Waals surface area (Å²) >= 11 is 1.38. The van der Waals surface area contributed by atoms with Crippen molar-refractivity contribution < 1.29 is 9.59 Å². The fourth-order valence-corrected chi connectivity index (χ4v) is 3.94. The highest BCUT2D eigenvalue weighted by atomic mass is 32.2. The Kier molecular flexibility index (Phi) is 6.13. The summed E-state index contributed by atoms with van der Waals surface area (Å²) in [7, 11) is 1.93. The second-order valence-corrected chi connectivity index (χ2v) is 7.84. The van der Waals surface area contributed by atoms with E-state index in [-0.39, 0.29) is 11.0 Å². The number of rotatable bonds is 8. The van der Waals surface area contributed by atoms with E-state index >= 15 is 0 Å². The number of aromatic amines is 1. The molecule has 26 heavy (non-hydrogen) atoms. The smallest absolute Gasteiger partial charge is 0.269 e. The lowest BCUT2D eigenvalue weighted by molar-refractivity contribution is -0.109. The largest absolute Gasteiger partial charge is 0.351 e. The molecular weight excluding hydrogens is 350 g/mol. The maximum absolute atomic E-state index is 12.5. The predicted octanol–water partition coefficient (Wildman–Crippen LogP) is 2.48. The van der Waals surface area contributed by atoms with Crippen molar-refractivity contribution in [2.45, 2.75) is 45.4 Å². The number of carbonyl (C=O) groups excluding carboxylic acids is 2. The first kappa shape index (κ1) is 18.7. The topological polar surface area (TPSA) is 92.7 Å². The van der Waals surface area contributed by atoms with Crippen molar-refractivity contribution in [1.29, 1.82) is 0 Å². The normalized spacial score (nSPS) is 12.5. The third-order valence-electron chi connectivity index (χ3n) is 4.68. The number of amides is 1. The summed E-state index contributed by atoms with van der Waals surface area (Å²) in [5.41, 5.74) is 4.61. The van der Waals surface area contributed by atoms with Crippen molar-refractivity contribution in [3.05, 3.63) is 23.1 Å². The molecule has 7 nitrogen and oxygen atoms in total. The molecule has 0 fully saturated rings. The lowest BCUT2D eigenvalue weighted by Gasteiger charge is -2.13. The maximum Gasteiger partial charge on any atom is 0.269 e. The highest BCUT2D eigenvalue weighted by molar-refractivity contribution is 8.13. The van der Waals surface area contributed by atoms with E-state index in [0.717, 1.165) is 61.1 Å². The van der Waals surface area contributed by atoms with Crippen LogP contribution in [-0.2, 0) is 24.7 Å². The number of H-pyrrole nitrogens is 1. The maximum atomic E-state index is 12.5. The second-order valence-electron chi connectivity index (χ2n) is 6.56. The molecule has 1 aliphatic rings. The van der Waals surface area contributed by atoms with Crippen LogP contribution in [0, 0.1) is 0 Å². The number of carbonyl (C=O) groups is 2. The van der Waals surface area contributed by atoms with Gasteiger partial charge >= 0.3 is 0 Å². The van der Waals surface area contributed by atoms with E-state index in [9.17, 15) is 9.59 Å². The molecule has 0 spiro atoms. The van der Waals surface area contributed by atoms with Crippen LogP contribution in [0.4, 0.5) is 0 Å². The molecule has 2 heterocycles. The van der Waals surface area contributed by atoms with Gasteiger partial charge in [0.2, 0.25) is 0 Å². The molecule has 2 aromatic rings. The first-order valence-corrected chi connectivity index (χ1v) is 10.1. The minimum absolute atomic E-state index is 0.0850. The van der Waals surface area contributed by atoms with E-state index in [2.05, 4.69) is 20.6 Å². The van der Waals surface area contributed by atoms with Gasteiger partial charge in [-0.1, -0.05) is 24.6 Å². The van der Waals surface area contributed by atoms with Crippen LogP contribution in [-0.4, -0.2) is 43.3 Å². The van der Waals surface area contributed by atoms with Gasteiger partial charge in [0.25, 0.3) is 5.91 Å². The minimum Gasteiger partial charge on any atom is -0.351 e. The standard InChI is InChI=1S/C18H25N5O2S/c1-12(24)26-10-6-4-3-5-9-19-18(25)17-13-7-8-15-14(11-20-23(15)2)16(13)21-22-17/h11H,3-10H2,1-2H3,(H,19,25)(H,21,22). The molecule has 0 radical (unpaired) electrons. The van der Waals surface area contributed by atoms with Crippen LogP contribution in [0.2, 0.25) is 0 Å². The number of thioether (sulfide) groups is 1. The van der Waals surface area contributed by atoms with Crippen LogP contribution in [0.1, 0.15) is 54.4 Å². The molecule has 2 aromatic heterocycles. The average molecular weight is 375 g/mol. The van der Waals surface area contributed by atoms with Gasteiger partial charge in [0, 0.05) is 43.1 Å². The number of aryl methyl sites for hydroxylation is 1. The Morgan fingerprint density at radius 3 is 2.88 bits per heavy atom. The van der Waals surface area contributed by atoms with Gasteiger partial charge in [-0.05, 0) is 25.7 Å². The summed E-state index contributed by atoms with van der Waals surface area (Å²) in [6.07, 6.45) is 7.61. The summed E-state index contributed by atoms with van der Waals surface area (Å²) < 4.78 is 1.88. The van der Waals surface area contributed by atoms with E-state index in [1.807, 2.05) is 17.9 Å². The summed E-state index contributed by atoms with van der Waals surface area (Å²) in [6, 6.07) is 0. The third kappa shape index (κ3) is 4.17. The molecule has 0 unspecified atom stereocenters. The van der Waals surface area contributed by atoms with Crippen LogP contribution in [0.5, 0.6) is 0 Å². The molecular formula is C18H25N5O2S. The zero-order valence-electron chi connectivity index (χ0n) is 15.3. The van der Waals surface area contributed by atoms with Gasteiger partial charge in [0.1, 0.15) is 5.69 Å². The molecule has 3 rings (SSSR count). The van der Waals surface area contributed by atoms with Crippen molar-refractivity contribution in [1.82, 2.24) is 25.3 Å². The molecule has 1 aliphatic carbocycles. The molecule has 140 valence electrons. The zero-order valence-corrected chi connectivity index (χ0v) is 16.1. The van der Waals surface area contributed by atoms with Crippen molar-refractivity contribution in [3.63, 3.8) is 0 Å². The van der Waals surface area contributed by atoms with Crippen molar-refractivity contribution in [2.75, 3.05) is 12.3 Å². The Hall–Kier alpha value is -2.09. The molecule has 1 amide bonds. The molecule has 8 heteroatoms. The van der Waals surface area contributed by atoms with Gasteiger partial charge < -0.3 is 5.32 Å². The van der Waals surface area contributed by atoms with Gasteiger partial charge in [-0.2, -0.15) is 10.2 Å². The second kappa shape index (κ2) is 8.53. The summed E-state index contributed by atoms with van der Waals surface area (Å²) in [5, 5.41) is 14.7. The fraction of sp³-hybridized carbons (Fsp3) is 0.556. The van der Waals surface area contributed by atoms with Gasteiger partial charge in [-0.15, -0.1) is 0 Å². The van der Waals surface area contributed by atoms with Gasteiger partial charge in [-0.25, -0.2) is 0 Å². The first-order chi connectivity index (χ1) is 12.6. The number of nitrogens with one attached hydrogen (secondary N) is 2. The summed E-state index contributed by atoms with van der Waals surface area (Å²) in [5.74, 6) is 0.802. The quantitative estimate of drug-likeness (QED) is 0.692. The van der Waals surface area contributed by atoms with Crippen LogP contribution in [0.3, 0.4) is 0 Å². The third-order valence-corrected chi connectivity index (χ3v) is 5.58. The number of nitrogens with zero attached hydrogens (tertiary/aromatic N) is 3. The summed E-state index contributed by atoms with van der Waals surface area (Å²) in [4.78, 5) is 23.3. The Bertz CT molecular complexity index is 796. The van der Waals surface area contributed by atoms with Gasteiger partial charge in [0.05, 0.1) is 11.9 Å². The van der Waals surface area contributed by atoms with Crippen LogP contribution in [0.15, 0.2) is 6.20 Å². The number of hydrogen-bond donors (Lipinski definition) is 2. The molecule has 0 atom stereocenters. The van der Waals surface area contributed by atoms with Crippen molar-refractivity contribution in [3.8, 4) is 11.3 Å². The lowest BCUT2D eigenvalue weighted by atomic mass is 9.94. The SMILES string of the molecule is CC(=O)SCCCCCCNC(=O)c1[nH]nc2c1CCc1c-2cnn1C. The van der Waals surface area contributed by atoms with E-state index in [1.165, 1.54) is 17.5 Å². The Labute approximate surface area is 157 Å². The predicted molar refractivity (Wildman–Crippen MR) is 102 cm³/mol. The Balaban J connectivity index is 1.45. The lowest BCUT2D eigenvalue weighted by Crippen LogP contribution is -2.26. The number of aromatic nitrogens is 4. The first-order valence-electron chi connectivity index (χ1n) is 9.08. The minimum atomic E-state index is -0.0850. The van der Waals surface area contributed by atoms with Crippen LogP contribution >= 0.6 is 11.8 Å². The molecule has 0 bridgehead atoms. The Morgan fingerprint density at radius 1 is 1.27 bits per heavy atom. The molecule has 0 aromatic carbocycles. The highest BCUT2D eigenvalue weighted by Crippen LogP contribution is 2.32. The van der Waals surface area contributed by atoms with E-state index in [0.29, 0.717) is 12.2 Å². The zero-order chi connectivity index (χ0) is 18.5.